The summed E-state index contributed by atoms with van der Waals surface area (Å²) in [7, 11) is -3.95. The molecule has 0 spiro atoms. The Hall–Kier alpha value is -1.93. The first-order valence-corrected chi connectivity index (χ1v) is 10.4. The predicted molar refractivity (Wildman–Crippen MR) is 96.4 cm³/mol. The molecule has 1 fully saturated rings. The first-order valence-electron chi connectivity index (χ1n) is 8.88. The third-order valence-corrected chi connectivity index (χ3v) is 6.22. The lowest BCUT2D eigenvalue weighted by atomic mass is 10.1. The number of amides is 1. The van der Waals surface area contributed by atoms with Crippen molar-refractivity contribution in [2.24, 2.45) is 11.8 Å². The molecule has 1 atom stereocenters. The molecule has 0 aromatic heterocycles. The van der Waals surface area contributed by atoms with Crippen molar-refractivity contribution in [3.63, 3.8) is 0 Å². The van der Waals surface area contributed by atoms with Crippen molar-refractivity contribution in [1.82, 2.24) is 4.72 Å². The lowest BCUT2D eigenvalue weighted by Gasteiger charge is -2.18. The van der Waals surface area contributed by atoms with Crippen LogP contribution in [0.5, 0.6) is 0 Å². The molecule has 1 aromatic rings. The van der Waals surface area contributed by atoms with Gasteiger partial charge in [0, 0.05) is 18.2 Å². The summed E-state index contributed by atoms with van der Waals surface area (Å²) in [6, 6.07) is 3.47. The Morgan fingerprint density at radius 3 is 2.58 bits per heavy atom. The third kappa shape index (κ3) is 3.91. The molecule has 0 bridgehead atoms. The molecule has 7 nitrogen and oxygen atoms in total. The number of hydrogen-bond donors (Lipinski definition) is 2. The van der Waals surface area contributed by atoms with Crippen LogP contribution in [0.25, 0.3) is 0 Å². The number of sulfonamides is 1. The minimum atomic E-state index is -3.95. The first-order chi connectivity index (χ1) is 12.2. The minimum absolute atomic E-state index is 0.0342. The number of benzene rings is 1. The second-order valence-electron chi connectivity index (χ2n) is 7.45. The summed E-state index contributed by atoms with van der Waals surface area (Å²) < 4.78 is 27.5. The van der Waals surface area contributed by atoms with Crippen LogP contribution in [0.4, 0.5) is 5.69 Å². The van der Waals surface area contributed by atoms with E-state index in [0.29, 0.717) is 13.0 Å². The highest BCUT2D eigenvalue weighted by Gasteiger charge is 2.37. The van der Waals surface area contributed by atoms with Crippen LogP contribution in [0, 0.1) is 11.8 Å². The van der Waals surface area contributed by atoms with E-state index < -0.39 is 22.0 Å². The third-order valence-electron chi connectivity index (χ3n) is 4.75. The molecule has 2 N–H and O–H groups in total. The van der Waals surface area contributed by atoms with Crippen molar-refractivity contribution in [2.45, 2.75) is 50.5 Å². The summed E-state index contributed by atoms with van der Waals surface area (Å²) in [5.41, 5.74) is 1.57. The second kappa shape index (κ2) is 7.00. The fraction of sp³-hybridized carbons (Fsp3) is 0.556. The fourth-order valence-corrected chi connectivity index (χ4v) is 4.50. The van der Waals surface area contributed by atoms with E-state index in [1.54, 1.807) is 17.0 Å². The van der Waals surface area contributed by atoms with Gasteiger partial charge in [0.1, 0.15) is 6.04 Å². The highest BCUT2D eigenvalue weighted by molar-refractivity contribution is 7.89. The Kier molecular flexibility index (Phi) is 5.07. The number of anilines is 1. The average Bonchev–Trinajstić information content (AvgIpc) is 3.32. The van der Waals surface area contributed by atoms with E-state index in [2.05, 4.69) is 4.72 Å². The van der Waals surface area contributed by atoms with Crippen molar-refractivity contribution in [1.29, 1.82) is 0 Å². The van der Waals surface area contributed by atoms with Gasteiger partial charge in [0.05, 0.1) is 4.90 Å². The molecule has 1 amide bonds. The number of aliphatic carboxylic acids is 1. The van der Waals surface area contributed by atoms with Gasteiger partial charge in [0.25, 0.3) is 0 Å². The molecule has 1 aliphatic heterocycles. The Morgan fingerprint density at radius 2 is 2.00 bits per heavy atom. The molecule has 2 aliphatic rings. The number of carboxylic acid groups (broad SMARTS) is 1. The van der Waals surface area contributed by atoms with Crippen LogP contribution in [0.2, 0.25) is 0 Å². The van der Waals surface area contributed by atoms with Gasteiger partial charge in [-0.25, -0.2) is 8.42 Å². The van der Waals surface area contributed by atoms with Crippen molar-refractivity contribution < 1.29 is 23.1 Å². The van der Waals surface area contributed by atoms with Crippen molar-refractivity contribution >= 4 is 27.6 Å². The van der Waals surface area contributed by atoms with E-state index in [0.717, 1.165) is 24.1 Å². The molecule has 1 heterocycles. The molecular formula is C18H24N2O5S. The highest BCUT2D eigenvalue weighted by Crippen LogP contribution is 2.37. The zero-order chi connectivity index (χ0) is 19.1. The maximum atomic E-state index is 12.6. The molecular weight excluding hydrogens is 356 g/mol. The summed E-state index contributed by atoms with van der Waals surface area (Å²) >= 11 is 0. The first kappa shape index (κ1) is 18.8. The normalized spacial score (nSPS) is 18.0. The van der Waals surface area contributed by atoms with Crippen molar-refractivity contribution in [3.8, 4) is 0 Å². The maximum Gasteiger partial charge on any atom is 0.321 e. The van der Waals surface area contributed by atoms with E-state index in [9.17, 15) is 23.1 Å². The van der Waals surface area contributed by atoms with Crippen LogP contribution in [0.1, 0.15) is 38.7 Å². The summed E-state index contributed by atoms with van der Waals surface area (Å²) in [6.45, 7) is 4.24. The van der Waals surface area contributed by atoms with Crippen LogP contribution in [0.15, 0.2) is 23.1 Å². The number of carbonyl (C=O) groups is 2. The number of rotatable bonds is 7. The second-order valence-corrected chi connectivity index (χ2v) is 9.16. The monoisotopic (exact) mass is 380 g/mol. The molecule has 8 heteroatoms. The molecule has 1 aromatic carbocycles. The van der Waals surface area contributed by atoms with Crippen molar-refractivity contribution in [2.75, 3.05) is 11.4 Å². The van der Waals surface area contributed by atoms with Gasteiger partial charge in [0.15, 0.2) is 0 Å². The highest BCUT2D eigenvalue weighted by atomic mass is 32.2. The summed E-state index contributed by atoms with van der Waals surface area (Å²) in [4.78, 5) is 25.4. The van der Waals surface area contributed by atoms with Crippen LogP contribution >= 0.6 is 0 Å². The minimum Gasteiger partial charge on any atom is -0.480 e. The van der Waals surface area contributed by atoms with E-state index in [-0.39, 0.29) is 29.1 Å². The number of carboxylic acids is 1. The topological polar surface area (TPSA) is 104 Å². The number of carbonyl (C=O) groups excluding carboxylic acids is 1. The molecule has 3 rings (SSSR count). The van der Waals surface area contributed by atoms with Crippen LogP contribution in [-0.2, 0) is 26.0 Å². The Morgan fingerprint density at radius 1 is 1.31 bits per heavy atom. The molecule has 0 saturated heterocycles. The molecule has 0 radical (unpaired) electrons. The molecule has 0 unspecified atom stereocenters. The Labute approximate surface area is 153 Å². The Bertz CT molecular complexity index is 830. The van der Waals surface area contributed by atoms with Gasteiger partial charge < -0.3 is 10.0 Å². The number of hydrogen-bond acceptors (Lipinski definition) is 4. The van der Waals surface area contributed by atoms with Gasteiger partial charge >= 0.3 is 5.97 Å². The van der Waals surface area contributed by atoms with Gasteiger partial charge in [-0.15, -0.1) is 0 Å². The summed E-state index contributed by atoms with van der Waals surface area (Å²) in [5, 5.41) is 9.27. The van der Waals surface area contributed by atoms with E-state index >= 15 is 0 Å². The Balaban J connectivity index is 1.81. The van der Waals surface area contributed by atoms with Crippen LogP contribution in [-0.4, -0.2) is 38.0 Å². The number of nitrogens with one attached hydrogen (secondary N) is 1. The molecule has 142 valence electrons. The van der Waals surface area contributed by atoms with Gasteiger partial charge in [-0.3, -0.25) is 9.59 Å². The number of fused-ring (bicyclic) bond motifs is 1. The van der Waals surface area contributed by atoms with Gasteiger partial charge in [-0.2, -0.15) is 4.72 Å². The van der Waals surface area contributed by atoms with Gasteiger partial charge in [-0.05, 0) is 55.4 Å². The summed E-state index contributed by atoms with van der Waals surface area (Å²) in [6.07, 6.45) is 2.66. The molecule has 1 aliphatic carbocycles. The maximum absolute atomic E-state index is 12.6. The fourth-order valence-electron chi connectivity index (χ4n) is 3.25. The van der Waals surface area contributed by atoms with Crippen molar-refractivity contribution in [3.05, 3.63) is 23.8 Å². The van der Waals surface area contributed by atoms with Crippen LogP contribution in [0.3, 0.4) is 0 Å². The summed E-state index contributed by atoms with van der Waals surface area (Å²) in [5.74, 6) is -0.927. The average molecular weight is 380 g/mol. The standard InChI is InChI=1S/C18H24N2O5S/c1-11(2)9-15(18(22)23)19-26(24,25)14-5-6-16-13(10-14)7-8-20(16)17(21)12-3-4-12/h5-6,10-12,15,19H,3-4,7-9H2,1-2H3,(H,22,23)/t15-/m0/s1. The van der Waals surface area contributed by atoms with E-state index in [1.165, 1.54) is 6.07 Å². The van der Waals surface area contributed by atoms with E-state index in [1.807, 2.05) is 13.8 Å². The smallest absolute Gasteiger partial charge is 0.321 e. The van der Waals surface area contributed by atoms with Crippen LogP contribution < -0.4 is 9.62 Å². The number of nitrogens with zero attached hydrogens (tertiary/aromatic N) is 1. The molecule has 26 heavy (non-hydrogen) atoms. The zero-order valence-corrected chi connectivity index (χ0v) is 15.8. The zero-order valence-electron chi connectivity index (χ0n) is 14.9. The van der Waals surface area contributed by atoms with Gasteiger partial charge in [0.2, 0.25) is 15.9 Å². The largest absolute Gasteiger partial charge is 0.480 e. The van der Waals surface area contributed by atoms with Gasteiger partial charge in [-0.1, -0.05) is 13.8 Å². The lowest BCUT2D eigenvalue weighted by Crippen LogP contribution is -2.41. The quantitative estimate of drug-likeness (QED) is 0.750. The predicted octanol–water partition coefficient (Wildman–Crippen LogP) is 1.76. The molecule has 1 saturated carbocycles. The van der Waals surface area contributed by atoms with E-state index in [4.69, 9.17) is 0 Å². The lowest BCUT2D eigenvalue weighted by molar-refractivity contribution is -0.139. The SMILES string of the molecule is CC(C)C[C@H](NS(=O)(=O)c1ccc2c(c1)CCN2C(=O)C1CC1)C(=O)O.